The molecule has 0 spiro atoms. The van der Waals surface area contributed by atoms with Crippen molar-refractivity contribution in [3.63, 3.8) is 0 Å². The Hall–Kier alpha value is -2.19. The summed E-state index contributed by atoms with van der Waals surface area (Å²) < 4.78 is 75.7. The minimum absolute atomic E-state index is 0.119. The SMILES string of the molecule is Cc1c(C(F)(F)F)[nH]n(-c2ccc(C(F)(F)F)cc2)c1=O. The van der Waals surface area contributed by atoms with Gasteiger partial charge in [0.15, 0.2) is 0 Å². The van der Waals surface area contributed by atoms with Crippen molar-refractivity contribution < 1.29 is 26.3 Å². The molecular formula is C12H8F6N2O. The van der Waals surface area contributed by atoms with Gasteiger partial charge in [0.25, 0.3) is 5.56 Å². The van der Waals surface area contributed by atoms with Gasteiger partial charge < -0.3 is 0 Å². The van der Waals surface area contributed by atoms with Crippen LogP contribution in [0.2, 0.25) is 0 Å². The van der Waals surface area contributed by atoms with E-state index in [1.165, 1.54) is 0 Å². The fourth-order valence-corrected chi connectivity index (χ4v) is 1.78. The number of nitrogens with one attached hydrogen (secondary N) is 1. The molecule has 9 heteroatoms. The molecular weight excluding hydrogens is 302 g/mol. The monoisotopic (exact) mass is 310 g/mol. The minimum Gasteiger partial charge on any atom is -0.286 e. The van der Waals surface area contributed by atoms with Crippen LogP contribution in [0.1, 0.15) is 16.8 Å². The highest BCUT2D eigenvalue weighted by Gasteiger charge is 2.36. The van der Waals surface area contributed by atoms with Crippen molar-refractivity contribution in [3.8, 4) is 5.69 Å². The van der Waals surface area contributed by atoms with E-state index in [-0.39, 0.29) is 5.69 Å². The number of H-pyrrole nitrogens is 1. The lowest BCUT2D eigenvalue weighted by Gasteiger charge is -2.08. The van der Waals surface area contributed by atoms with Crippen LogP contribution in [0.25, 0.3) is 5.69 Å². The minimum atomic E-state index is -4.75. The van der Waals surface area contributed by atoms with Gasteiger partial charge in [0.05, 0.1) is 11.3 Å². The van der Waals surface area contributed by atoms with E-state index < -0.39 is 34.7 Å². The highest BCUT2D eigenvalue weighted by atomic mass is 19.4. The Morgan fingerprint density at radius 3 is 1.86 bits per heavy atom. The molecule has 0 fully saturated rings. The topological polar surface area (TPSA) is 37.8 Å². The lowest BCUT2D eigenvalue weighted by Crippen LogP contribution is -2.16. The van der Waals surface area contributed by atoms with Gasteiger partial charge in [-0.2, -0.15) is 26.3 Å². The number of aromatic amines is 1. The summed E-state index contributed by atoms with van der Waals surface area (Å²) in [6.45, 7) is 0.988. The van der Waals surface area contributed by atoms with E-state index in [9.17, 15) is 31.1 Å². The van der Waals surface area contributed by atoms with Crippen LogP contribution < -0.4 is 5.56 Å². The van der Waals surface area contributed by atoms with Crippen LogP contribution in [-0.4, -0.2) is 9.78 Å². The molecule has 2 aromatic rings. The molecule has 0 aliphatic rings. The standard InChI is InChI=1S/C12H8F6N2O/c1-6-9(12(16,17)18)19-20(10(6)21)8-4-2-7(3-5-8)11(13,14)15/h2-5,19H,1H3. The maximum atomic E-state index is 12.6. The van der Waals surface area contributed by atoms with Gasteiger partial charge in [-0.05, 0) is 31.2 Å². The van der Waals surface area contributed by atoms with Crippen LogP contribution in [0.5, 0.6) is 0 Å². The van der Waals surface area contributed by atoms with Crippen LogP contribution in [0.15, 0.2) is 29.1 Å². The van der Waals surface area contributed by atoms with Crippen LogP contribution in [0.4, 0.5) is 26.3 Å². The predicted octanol–water partition coefficient (Wildman–Crippen LogP) is 3.51. The molecule has 0 aliphatic carbocycles. The Morgan fingerprint density at radius 1 is 0.952 bits per heavy atom. The van der Waals surface area contributed by atoms with Crippen molar-refractivity contribution in [1.29, 1.82) is 0 Å². The summed E-state index contributed by atoms with van der Waals surface area (Å²) in [4.78, 5) is 11.7. The molecule has 1 N–H and O–H groups in total. The first kappa shape index (κ1) is 15.2. The van der Waals surface area contributed by atoms with E-state index in [4.69, 9.17) is 0 Å². The van der Waals surface area contributed by atoms with Gasteiger partial charge in [0.2, 0.25) is 0 Å². The second kappa shape index (κ2) is 4.68. The number of rotatable bonds is 1. The largest absolute Gasteiger partial charge is 0.433 e. The van der Waals surface area contributed by atoms with E-state index in [0.29, 0.717) is 16.8 Å². The van der Waals surface area contributed by atoms with E-state index in [0.717, 1.165) is 19.1 Å². The summed E-state index contributed by atoms with van der Waals surface area (Å²) >= 11 is 0. The average molecular weight is 310 g/mol. The van der Waals surface area contributed by atoms with E-state index >= 15 is 0 Å². The molecule has 3 nitrogen and oxygen atoms in total. The molecule has 21 heavy (non-hydrogen) atoms. The van der Waals surface area contributed by atoms with Gasteiger partial charge >= 0.3 is 12.4 Å². The molecule has 2 rings (SSSR count). The number of nitrogens with zero attached hydrogens (tertiary/aromatic N) is 1. The fourth-order valence-electron chi connectivity index (χ4n) is 1.78. The molecule has 1 aromatic heterocycles. The smallest absolute Gasteiger partial charge is 0.286 e. The predicted molar refractivity (Wildman–Crippen MR) is 61.1 cm³/mol. The molecule has 0 bridgehead atoms. The summed E-state index contributed by atoms with van der Waals surface area (Å²) in [6.07, 6.45) is -9.31. The fraction of sp³-hybridized carbons (Fsp3) is 0.250. The summed E-state index contributed by atoms with van der Waals surface area (Å²) in [6, 6.07) is 3.21. The molecule has 0 aliphatic heterocycles. The molecule has 1 aromatic carbocycles. The molecule has 0 amide bonds. The summed E-state index contributed by atoms with van der Waals surface area (Å²) in [5.74, 6) is 0. The Labute approximate surface area is 113 Å². The Balaban J connectivity index is 2.51. The van der Waals surface area contributed by atoms with Crippen molar-refractivity contribution in [2.24, 2.45) is 0 Å². The third-order valence-electron chi connectivity index (χ3n) is 2.86. The number of hydrogen-bond donors (Lipinski definition) is 1. The number of aromatic nitrogens is 2. The van der Waals surface area contributed by atoms with Gasteiger partial charge in [-0.25, -0.2) is 4.68 Å². The van der Waals surface area contributed by atoms with Gasteiger partial charge in [-0.1, -0.05) is 0 Å². The lowest BCUT2D eigenvalue weighted by atomic mass is 10.2. The van der Waals surface area contributed by atoms with E-state index in [1.54, 1.807) is 0 Å². The molecule has 1 heterocycles. The van der Waals surface area contributed by atoms with Crippen molar-refractivity contribution in [2.75, 3.05) is 0 Å². The molecule has 0 atom stereocenters. The number of hydrogen-bond acceptors (Lipinski definition) is 1. The first-order valence-electron chi connectivity index (χ1n) is 5.58. The number of halogens is 6. The Kier molecular flexibility index (Phi) is 3.38. The summed E-state index contributed by atoms with van der Waals surface area (Å²) in [7, 11) is 0. The molecule has 0 saturated heterocycles. The normalized spacial score (nSPS) is 12.7. The second-order valence-electron chi connectivity index (χ2n) is 4.29. The second-order valence-corrected chi connectivity index (χ2v) is 4.29. The van der Waals surface area contributed by atoms with Crippen molar-refractivity contribution >= 4 is 0 Å². The molecule has 114 valence electrons. The van der Waals surface area contributed by atoms with Gasteiger partial charge in [0.1, 0.15) is 5.69 Å². The molecule has 0 unspecified atom stereocenters. The highest BCUT2D eigenvalue weighted by Crippen LogP contribution is 2.31. The first-order valence-corrected chi connectivity index (χ1v) is 5.58. The van der Waals surface area contributed by atoms with Crippen molar-refractivity contribution in [3.05, 3.63) is 51.4 Å². The van der Waals surface area contributed by atoms with Crippen LogP contribution >= 0.6 is 0 Å². The average Bonchev–Trinajstić information content (AvgIpc) is 2.65. The zero-order valence-corrected chi connectivity index (χ0v) is 10.4. The maximum absolute atomic E-state index is 12.6. The quantitative estimate of drug-likeness (QED) is 0.804. The van der Waals surface area contributed by atoms with E-state index in [1.807, 2.05) is 5.10 Å². The summed E-state index contributed by atoms with van der Waals surface area (Å²) in [5.41, 5.74) is -3.83. The van der Waals surface area contributed by atoms with Gasteiger partial charge in [-0.3, -0.25) is 9.89 Å². The molecule has 0 saturated carbocycles. The highest BCUT2D eigenvalue weighted by molar-refractivity contribution is 5.36. The summed E-state index contributed by atoms with van der Waals surface area (Å²) in [5, 5.41) is 1.86. The number of benzene rings is 1. The maximum Gasteiger partial charge on any atom is 0.433 e. The Bertz CT molecular complexity index is 705. The number of alkyl halides is 6. The zero-order valence-electron chi connectivity index (χ0n) is 10.4. The lowest BCUT2D eigenvalue weighted by molar-refractivity contribution is -0.141. The van der Waals surface area contributed by atoms with Gasteiger partial charge in [-0.15, -0.1) is 0 Å². The third kappa shape index (κ3) is 2.81. The van der Waals surface area contributed by atoms with Crippen molar-refractivity contribution in [1.82, 2.24) is 9.78 Å². The third-order valence-corrected chi connectivity index (χ3v) is 2.86. The van der Waals surface area contributed by atoms with Crippen LogP contribution in [-0.2, 0) is 12.4 Å². The Morgan fingerprint density at radius 2 is 1.48 bits per heavy atom. The van der Waals surface area contributed by atoms with Crippen molar-refractivity contribution in [2.45, 2.75) is 19.3 Å². The van der Waals surface area contributed by atoms with Crippen LogP contribution in [0.3, 0.4) is 0 Å². The zero-order chi connectivity index (χ0) is 16.0. The first-order chi connectivity index (χ1) is 9.51. The van der Waals surface area contributed by atoms with Crippen LogP contribution in [0, 0.1) is 6.92 Å². The van der Waals surface area contributed by atoms with E-state index in [2.05, 4.69) is 0 Å². The molecule has 0 radical (unpaired) electrons. The van der Waals surface area contributed by atoms with Gasteiger partial charge in [0, 0.05) is 5.56 Å².